The molecule has 2 N–H and O–H groups in total. The van der Waals surface area contributed by atoms with Gasteiger partial charge in [-0.2, -0.15) is 0 Å². The van der Waals surface area contributed by atoms with Crippen LogP contribution in [0.1, 0.15) is 12.0 Å². The van der Waals surface area contributed by atoms with E-state index in [2.05, 4.69) is 15.6 Å². The van der Waals surface area contributed by atoms with E-state index in [1.165, 1.54) is 0 Å². The van der Waals surface area contributed by atoms with Gasteiger partial charge in [0.25, 0.3) is 0 Å². The first-order chi connectivity index (χ1) is 12.5. The van der Waals surface area contributed by atoms with Crippen molar-refractivity contribution in [1.82, 2.24) is 5.32 Å². The van der Waals surface area contributed by atoms with Crippen molar-refractivity contribution >= 4 is 34.4 Å². The van der Waals surface area contributed by atoms with Crippen molar-refractivity contribution in [2.24, 2.45) is 4.99 Å². The van der Waals surface area contributed by atoms with Gasteiger partial charge in [-0.25, -0.2) is 8.78 Å². The van der Waals surface area contributed by atoms with Gasteiger partial charge >= 0.3 is 0 Å². The summed E-state index contributed by atoms with van der Waals surface area (Å²) in [6, 6.07) is 12.4. The van der Waals surface area contributed by atoms with Gasteiger partial charge in [0.1, 0.15) is 16.9 Å². The molecule has 1 saturated heterocycles. The maximum absolute atomic E-state index is 13.6. The van der Waals surface area contributed by atoms with Gasteiger partial charge in [-0.15, -0.1) is 0 Å². The molecule has 1 aliphatic rings. The van der Waals surface area contributed by atoms with Crippen LogP contribution in [0, 0.1) is 11.6 Å². The van der Waals surface area contributed by atoms with E-state index in [0.29, 0.717) is 17.8 Å². The highest BCUT2D eigenvalue weighted by molar-refractivity contribution is 8.15. The summed E-state index contributed by atoms with van der Waals surface area (Å²) in [5.74, 6) is -2.46. The van der Waals surface area contributed by atoms with Crippen LogP contribution >= 0.6 is 11.8 Å². The van der Waals surface area contributed by atoms with E-state index < -0.39 is 22.8 Å². The number of nitrogens with zero attached hydrogens (tertiary/aromatic N) is 1. The van der Waals surface area contributed by atoms with Gasteiger partial charge in [-0.1, -0.05) is 42.1 Å². The zero-order valence-corrected chi connectivity index (χ0v) is 14.4. The van der Waals surface area contributed by atoms with Crippen molar-refractivity contribution in [3.63, 3.8) is 0 Å². The number of aliphatic imine (C=N–C) groups is 1. The molecule has 5 nitrogen and oxygen atoms in total. The Morgan fingerprint density at radius 2 is 1.96 bits per heavy atom. The molecule has 3 rings (SSSR count). The number of hydrogen-bond acceptors (Lipinski definition) is 4. The summed E-state index contributed by atoms with van der Waals surface area (Å²) in [5, 5.41) is 4.78. The summed E-state index contributed by atoms with van der Waals surface area (Å²) in [6.07, 6.45) is -0.141. The van der Waals surface area contributed by atoms with E-state index in [-0.39, 0.29) is 18.0 Å². The number of carbonyl (C=O) groups excluding carboxylic acids is 2. The summed E-state index contributed by atoms with van der Waals surface area (Å²) in [6.45, 7) is 0.420. The summed E-state index contributed by atoms with van der Waals surface area (Å²) >= 11 is 1.16. The third-order valence-electron chi connectivity index (χ3n) is 3.60. The molecule has 1 aliphatic heterocycles. The number of hydrogen-bond donors (Lipinski definition) is 2. The van der Waals surface area contributed by atoms with Crippen LogP contribution < -0.4 is 10.6 Å². The maximum atomic E-state index is 13.6. The van der Waals surface area contributed by atoms with E-state index in [1.54, 1.807) is 0 Å². The standard InChI is InChI=1S/C18H15F2N3O2S/c19-12-6-7-14(13(20)8-12)22-16(24)9-15-17(25)23-18(26-15)21-10-11-4-2-1-3-5-11/h1-8,15H,9-10H2,(H,22,24)(H,21,23,25). The smallest absolute Gasteiger partial charge is 0.240 e. The van der Waals surface area contributed by atoms with Crippen LogP contribution in [0.25, 0.3) is 0 Å². The van der Waals surface area contributed by atoms with Gasteiger partial charge in [0, 0.05) is 12.5 Å². The Labute approximate surface area is 152 Å². The molecule has 0 spiro atoms. The first kappa shape index (κ1) is 18.1. The lowest BCUT2D eigenvalue weighted by atomic mass is 10.2. The van der Waals surface area contributed by atoms with Gasteiger partial charge in [-0.05, 0) is 17.7 Å². The second kappa shape index (κ2) is 8.09. The Balaban J connectivity index is 1.56. The Hall–Kier alpha value is -2.74. The Kier molecular flexibility index (Phi) is 5.62. The molecule has 0 radical (unpaired) electrons. The first-order valence-electron chi connectivity index (χ1n) is 7.82. The quantitative estimate of drug-likeness (QED) is 0.844. The second-order valence-electron chi connectivity index (χ2n) is 5.58. The highest BCUT2D eigenvalue weighted by Crippen LogP contribution is 2.24. The third-order valence-corrected chi connectivity index (χ3v) is 4.72. The molecule has 2 aromatic carbocycles. The molecule has 0 saturated carbocycles. The van der Waals surface area contributed by atoms with Gasteiger partial charge in [-0.3, -0.25) is 14.6 Å². The minimum atomic E-state index is -0.869. The predicted octanol–water partition coefficient (Wildman–Crippen LogP) is 3.08. The average molecular weight is 375 g/mol. The molecule has 1 atom stereocenters. The highest BCUT2D eigenvalue weighted by atomic mass is 32.2. The fraction of sp³-hybridized carbons (Fsp3) is 0.167. The third kappa shape index (κ3) is 4.66. The van der Waals surface area contributed by atoms with Crippen molar-refractivity contribution in [2.45, 2.75) is 18.2 Å². The van der Waals surface area contributed by atoms with E-state index in [4.69, 9.17) is 0 Å². The number of benzene rings is 2. The molecular weight excluding hydrogens is 360 g/mol. The summed E-state index contributed by atoms with van der Waals surface area (Å²) < 4.78 is 26.4. The minimum absolute atomic E-state index is 0.127. The first-order valence-corrected chi connectivity index (χ1v) is 8.70. The number of rotatable bonds is 5. The lowest BCUT2D eigenvalue weighted by molar-refractivity contribution is -0.122. The highest BCUT2D eigenvalue weighted by Gasteiger charge is 2.32. The monoisotopic (exact) mass is 375 g/mol. The van der Waals surface area contributed by atoms with Crippen LogP contribution in [-0.4, -0.2) is 22.2 Å². The molecule has 2 aromatic rings. The number of halogens is 2. The summed E-state index contributed by atoms with van der Waals surface area (Å²) in [4.78, 5) is 28.3. The Bertz CT molecular complexity index is 859. The average Bonchev–Trinajstić information content (AvgIpc) is 2.96. The van der Waals surface area contributed by atoms with Crippen LogP contribution in [0.2, 0.25) is 0 Å². The van der Waals surface area contributed by atoms with E-state index in [9.17, 15) is 18.4 Å². The molecule has 26 heavy (non-hydrogen) atoms. The van der Waals surface area contributed by atoms with Gasteiger partial charge in [0.15, 0.2) is 5.17 Å². The van der Waals surface area contributed by atoms with Crippen LogP contribution in [-0.2, 0) is 16.1 Å². The van der Waals surface area contributed by atoms with E-state index in [1.807, 2.05) is 30.3 Å². The van der Waals surface area contributed by atoms with E-state index in [0.717, 1.165) is 29.5 Å². The molecule has 1 unspecified atom stereocenters. The predicted molar refractivity (Wildman–Crippen MR) is 96.7 cm³/mol. The molecular formula is C18H15F2N3O2S. The number of nitrogens with one attached hydrogen (secondary N) is 2. The zero-order valence-electron chi connectivity index (χ0n) is 13.5. The molecule has 1 fully saturated rings. The fourth-order valence-electron chi connectivity index (χ4n) is 2.32. The number of amides is 2. The molecule has 1 heterocycles. The van der Waals surface area contributed by atoms with Crippen LogP contribution in [0.15, 0.2) is 53.5 Å². The lowest BCUT2D eigenvalue weighted by Gasteiger charge is -2.08. The minimum Gasteiger partial charge on any atom is -0.324 e. The molecule has 0 aliphatic carbocycles. The molecule has 2 amide bonds. The lowest BCUT2D eigenvalue weighted by Crippen LogP contribution is -2.28. The van der Waals surface area contributed by atoms with Crippen molar-refractivity contribution < 1.29 is 18.4 Å². The zero-order chi connectivity index (χ0) is 18.5. The Morgan fingerprint density at radius 1 is 1.19 bits per heavy atom. The Morgan fingerprint density at radius 3 is 2.69 bits per heavy atom. The van der Waals surface area contributed by atoms with Gasteiger partial charge in [0.2, 0.25) is 11.8 Å². The van der Waals surface area contributed by atoms with Crippen LogP contribution in [0.3, 0.4) is 0 Å². The maximum Gasteiger partial charge on any atom is 0.240 e. The number of anilines is 1. The van der Waals surface area contributed by atoms with Crippen LogP contribution in [0.4, 0.5) is 14.5 Å². The van der Waals surface area contributed by atoms with Crippen molar-refractivity contribution in [3.8, 4) is 0 Å². The molecule has 134 valence electrons. The number of amidine groups is 1. The van der Waals surface area contributed by atoms with Gasteiger partial charge in [0.05, 0.1) is 12.2 Å². The van der Waals surface area contributed by atoms with Crippen molar-refractivity contribution in [2.75, 3.05) is 5.32 Å². The number of thioether (sulfide) groups is 1. The van der Waals surface area contributed by atoms with E-state index >= 15 is 0 Å². The molecule has 0 bridgehead atoms. The van der Waals surface area contributed by atoms with Crippen molar-refractivity contribution in [3.05, 3.63) is 65.7 Å². The topological polar surface area (TPSA) is 70.6 Å². The second-order valence-corrected chi connectivity index (χ2v) is 6.77. The molecule has 8 heteroatoms. The van der Waals surface area contributed by atoms with Crippen LogP contribution in [0.5, 0.6) is 0 Å². The number of carbonyl (C=O) groups is 2. The summed E-state index contributed by atoms with van der Waals surface area (Å²) in [7, 11) is 0. The fourth-order valence-corrected chi connectivity index (χ4v) is 3.29. The largest absolute Gasteiger partial charge is 0.324 e. The van der Waals surface area contributed by atoms with Crippen molar-refractivity contribution in [1.29, 1.82) is 0 Å². The molecule has 0 aromatic heterocycles. The normalized spacial score (nSPS) is 18.0. The van der Waals surface area contributed by atoms with Gasteiger partial charge < -0.3 is 10.6 Å². The SMILES string of the molecule is O=C(CC1SC(=NCc2ccccc2)NC1=O)Nc1ccc(F)cc1F. The summed E-state index contributed by atoms with van der Waals surface area (Å²) in [5.41, 5.74) is 0.876.